The quantitative estimate of drug-likeness (QED) is 0.885. The SMILES string of the molecule is Cc1cc(C)c(NCc2cc(F)ccc2C#N)c(Br)c1. The molecule has 0 aliphatic carbocycles. The molecular weight excluding hydrogens is 319 g/mol. The summed E-state index contributed by atoms with van der Waals surface area (Å²) in [5.74, 6) is -0.333. The molecule has 0 saturated carbocycles. The van der Waals surface area contributed by atoms with Crippen LogP contribution >= 0.6 is 15.9 Å². The van der Waals surface area contributed by atoms with Gasteiger partial charge < -0.3 is 5.32 Å². The summed E-state index contributed by atoms with van der Waals surface area (Å²) < 4.78 is 14.2. The fourth-order valence-electron chi connectivity index (χ4n) is 2.14. The zero-order valence-corrected chi connectivity index (χ0v) is 12.9. The summed E-state index contributed by atoms with van der Waals surface area (Å²) in [5, 5.41) is 12.3. The van der Waals surface area contributed by atoms with E-state index >= 15 is 0 Å². The smallest absolute Gasteiger partial charge is 0.123 e. The van der Waals surface area contributed by atoms with E-state index in [0.717, 1.165) is 15.7 Å². The maximum absolute atomic E-state index is 13.3. The minimum Gasteiger partial charge on any atom is -0.380 e. The van der Waals surface area contributed by atoms with E-state index in [4.69, 9.17) is 5.26 Å². The van der Waals surface area contributed by atoms with Gasteiger partial charge in [-0.25, -0.2) is 4.39 Å². The molecule has 2 nitrogen and oxygen atoms in total. The van der Waals surface area contributed by atoms with Crippen LogP contribution in [0.25, 0.3) is 0 Å². The Labute approximate surface area is 126 Å². The molecule has 0 aliphatic heterocycles. The summed E-state index contributed by atoms with van der Waals surface area (Å²) >= 11 is 3.52. The van der Waals surface area contributed by atoms with Gasteiger partial charge in [-0.1, -0.05) is 6.07 Å². The van der Waals surface area contributed by atoms with Crippen molar-refractivity contribution in [3.8, 4) is 6.07 Å². The maximum atomic E-state index is 13.3. The van der Waals surface area contributed by atoms with Crippen molar-refractivity contribution >= 4 is 21.6 Å². The number of hydrogen-bond acceptors (Lipinski definition) is 2. The van der Waals surface area contributed by atoms with E-state index < -0.39 is 0 Å². The Balaban J connectivity index is 2.26. The van der Waals surface area contributed by atoms with Gasteiger partial charge in [-0.05, 0) is 70.7 Å². The standard InChI is InChI=1S/C16H14BrFN2/c1-10-5-11(2)16(15(17)6-10)20-9-13-7-14(18)4-3-12(13)8-19/h3-7,20H,9H2,1-2H3. The van der Waals surface area contributed by atoms with Crippen LogP contribution in [0.15, 0.2) is 34.8 Å². The molecule has 0 heterocycles. The van der Waals surface area contributed by atoms with Crippen molar-refractivity contribution in [3.63, 3.8) is 0 Å². The number of nitrogens with one attached hydrogen (secondary N) is 1. The Morgan fingerprint density at radius 3 is 2.65 bits per heavy atom. The third kappa shape index (κ3) is 3.17. The number of nitrogens with zero attached hydrogens (tertiary/aromatic N) is 1. The van der Waals surface area contributed by atoms with Crippen molar-refractivity contribution in [2.75, 3.05) is 5.32 Å². The number of halogens is 2. The molecule has 2 aromatic carbocycles. The van der Waals surface area contributed by atoms with E-state index in [1.54, 1.807) is 0 Å². The molecule has 2 rings (SSSR count). The molecule has 0 bridgehead atoms. The topological polar surface area (TPSA) is 35.8 Å². The molecule has 0 unspecified atom stereocenters. The van der Waals surface area contributed by atoms with Gasteiger partial charge in [0, 0.05) is 11.0 Å². The van der Waals surface area contributed by atoms with Gasteiger partial charge in [-0.3, -0.25) is 0 Å². The summed E-state index contributed by atoms with van der Waals surface area (Å²) in [5.41, 5.74) is 4.37. The van der Waals surface area contributed by atoms with Gasteiger partial charge in [0.05, 0.1) is 17.3 Å². The van der Waals surface area contributed by atoms with Gasteiger partial charge in [-0.15, -0.1) is 0 Å². The van der Waals surface area contributed by atoms with Crippen molar-refractivity contribution in [1.29, 1.82) is 5.26 Å². The van der Waals surface area contributed by atoms with Crippen LogP contribution in [0, 0.1) is 31.0 Å². The predicted molar refractivity (Wildman–Crippen MR) is 82.1 cm³/mol. The number of benzene rings is 2. The molecule has 2 aromatic rings. The molecule has 0 atom stereocenters. The third-order valence-electron chi connectivity index (χ3n) is 3.08. The zero-order chi connectivity index (χ0) is 14.7. The second kappa shape index (κ2) is 6.06. The molecule has 0 radical (unpaired) electrons. The van der Waals surface area contributed by atoms with Crippen LogP contribution in [-0.4, -0.2) is 0 Å². The van der Waals surface area contributed by atoms with Crippen molar-refractivity contribution in [3.05, 3.63) is 62.9 Å². The zero-order valence-electron chi connectivity index (χ0n) is 11.3. The Kier molecular flexibility index (Phi) is 4.41. The number of rotatable bonds is 3. The molecule has 0 saturated heterocycles. The summed E-state index contributed by atoms with van der Waals surface area (Å²) in [6, 6.07) is 10.4. The highest BCUT2D eigenvalue weighted by Gasteiger charge is 2.07. The van der Waals surface area contributed by atoms with Gasteiger partial charge in [-0.2, -0.15) is 5.26 Å². The molecule has 0 fully saturated rings. The first-order valence-electron chi connectivity index (χ1n) is 6.20. The van der Waals surface area contributed by atoms with Crippen LogP contribution in [0.5, 0.6) is 0 Å². The lowest BCUT2D eigenvalue weighted by molar-refractivity contribution is 0.625. The lowest BCUT2D eigenvalue weighted by Crippen LogP contribution is -2.04. The third-order valence-corrected chi connectivity index (χ3v) is 3.70. The van der Waals surface area contributed by atoms with E-state index in [0.29, 0.717) is 17.7 Å². The Bertz CT molecular complexity index is 666. The van der Waals surface area contributed by atoms with Crippen molar-refractivity contribution in [1.82, 2.24) is 0 Å². The van der Waals surface area contributed by atoms with E-state index in [-0.39, 0.29) is 5.82 Å². The van der Waals surface area contributed by atoms with E-state index in [1.165, 1.54) is 23.8 Å². The summed E-state index contributed by atoms with van der Waals surface area (Å²) in [4.78, 5) is 0. The first kappa shape index (κ1) is 14.5. The van der Waals surface area contributed by atoms with Crippen LogP contribution in [0.3, 0.4) is 0 Å². The number of aryl methyl sites for hydroxylation is 2. The van der Waals surface area contributed by atoms with Crippen LogP contribution in [0.2, 0.25) is 0 Å². The second-order valence-electron chi connectivity index (χ2n) is 4.71. The average molecular weight is 333 g/mol. The summed E-state index contributed by atoms with van der Waals surface area (Å²) in [7, 11) is 0. The van der Waals surface area contributed by atoms with Gasteiger partial charge >= 0.3 is 0 Å². The maximum Gasteiger partial charge on any atom is 0.123 e. The van der Waals surface area contributed by atoms with Crippen molar-refractivity contribution in [2.24, 2.45) is 0 Å². The number of anilines is 1. The highest BCUT2D eigenvalue weighted by Crippen LogP contribution is 2.28. The van der Waals surface area contributed by atoms with Crippen LogP contribution in [0.1, 0.15) is 22.3 Å². The Morgan fingerprint density at radius 2 is 2.00 bits per heavy atom. The largest absolute Gasteiger partial charge is 0.380 e. The van der Waals surface area contributed by atoms with Crippen LogP contribution in [-0.2, 0) is 6.54 Å². The average Bonchev–Trinajstić information content (AvgIpc) is 2.37. The molecular formula is C16H14BrFN2. The monoisotopic (exact) mass is 332 g/mol. The van der Waals surface area contributed by atoms with Crippen LogP contribution in [0.4, 0.5) is 10.1 Å². The first-order valence-corrected chi connectivity index (χ1v) is 6.99. The molecule has 20 heavy (non-hydrogen) atoms. The number of hydrogen-bond donors (Lipinski definition) is 1. The molecule has 4 heteroatoms. The van der Waals surface area contributed by atoms with E-state index in [9.17, 15) is 4.39 Å². The fraction of sp³-hybridized carbons (Fsp3) is 0.188. The van der Waals surface area contributed by atoms with Crippen molar-refractivity contribution < 1.29 is 4.39 Å². The molecule has 0 aliphatic rings. The predicted octanol–water partition coefficient (Wildman–Crippen LogP) is 4.69. The second-order valence-corrected chi connectivity index (χ2v) is 5.56. The highest BCUT2D eigenvalue weighted by atomic mass is 79.9. The van der Waals surface area contributed by atoms with E-state index in [2.05, 4.69) is 33.4 Å². The summed E-state index contributed by atoms with van der Waals surface area (Å²) in [6.45, 7) is 4.45. The van der Waals surface area contributed by atoms with E-state index in [1.807, 2.05) is 19.9 Å². The van der Waals surface area contributed by atoms with Gasteiger partial charge in [0.25, 0.3) is 0 Å². The van der Waals surface area contributed by atoms with Gasteiger partial charge in [0.1, 0.15) is 5.82 Å². The normalized spacial score (nSPS) is 10.2. The lowest BCUT2D eigenvalue weighted by Gasteiger charge is -2.13. The lowest BCUT2D eigenvalue weighted by atomic mass is 10.1. The first-order chi connectivity index (χ1) is 9.51. The molecule has 1 N–H and O–H groups in total. The van der Waals surface area contributed by atoms with Gasteiger partial charge in [0.2, 0.25) is 0 Å². The molecule has 0 spiro atoms. The minimum atomic E-state index is -0.333. The molecule has 0 amide bonds. The fourth-order valence-corrected chi connectivity index (χ4v) is 2.95. The van der Waals surface area contributed by atoms with Gasteiger partial charge in [0.15, 0.2) is 0 Å². The minimum absolute atomic E-state index is 0.333. The Morgan fingerprint density at radius 1 is 1.25 bits per heavy atom. The van der Waals surface area contributed by atoms with Crippen LogP contribution < -0.4 is 5.32 Å². The van der Waals surface area contributed by atoms with Crippen molar-refractivity contribution in [2.45, 2.75) is 20.4 Å². The summed E-state index contributed by atoms with van der Waals surface area (Å²) in [6.07, 6.45) is 0. The number of nitriles is 1. The highest BCUT2D eigenvalue weighted by molar-refractivity contribution is 9.10. The molecule has 102 valence electrons. The molecule has 0 aromatic heterocycles. The Hall–Kier alpha value is -1.86.